The maximum absolute atomic E-state index is 14.0. The number of hydrogen-bond acceptors (Lipinski definition) is 4. The summed E-state index contributed by atoms with van der Waals surface area (Å²) in [5, 5.41) is 7.12. The fraction of sp³-hybridized carbons (Fsp3) is 0.381. The Morgan fingerprint density at radius 3 is 2.44 bits per heavy atom. The molecule has 2 aliphatic rings. The number of carbonyl (C=O) groups excluding carboxylic acids is 1. The van der Waals surface area contributed by atoms with Crippen LogP contribution in [0.2, 0.25) is 0 Å². The zero-order chi connectivity index (χ0) is 23.5. The molecule has 1 aromatic heterocycles. The van der Waals surface area contributed by atoms with E-state index in [4.69, 9.17) is 9.90 Å². The van der Waals surface area contributed by atoms with E-state index in [2.05, 4.69) is 9.88 Å². The maximum atomic E-state index is 14.0. The van der Waals surface area contributed by atoms with Crippen molar-refractivity contribution >= 4 is 11.9 Å². The van der Waals surface area contributed by atoms with Crippen molar-refractivity contribution in [2.75, 3.05) is 6.54 Å². The predicted octanol–water partition coefficient (Wildman–Crippen LogP) is 3.37. The molecule has 172 valence electrons. The van der Waals surface area contributed by atoms with Gasteiger partial charge < -0.3 is 10.0 Å². The molecule has 1 N–H and O–H groups in total. The number of likely N-dealkylation sites (tertiary alicyclic amines) is 2. The SMILES string of the molecule is O=C(O)C(F)(F)F.O=C1C[C@H]2[C@H](CCN2Cc2ccccn2)N1Cc1cccc(F)c1F. The van der Waals surface area contributed by atoms with Crippen LogP contribution in [-0.4, -0.2) is 56.6 Å². The van der Waals surface area contributed by atoms with Crippen LogP contribution in [0.5, 0.6) is 0 Å². The molecule has 4 rings (SSSR count). The highest BCUT2D eigenvalue weighted by Gasteiger charge is 2.46. The number of carboxylic acids is 1. The number of carboxylic acid groups (broad SMARTS) is 1. The first-order chi connectivity index (χ1) is 15.1. The lowest BCUT2D eigenvalue weighted by atomic mass is 10.1. The zero-order valence-electron chi connectivity index (χ0n) is 16.7. The summed E-state index contributed by atoms with van der Waals surface area (Å²) >= 11 is 0. The lowest BCUT2D eigenvalue weighted by Gasteiger charge is -2.25. The van der Waals surface area contributed by atoms with Gasteiger partial charge in [-0.1, -0.05) is 18.2 Å². The van der Waals surface area contributed by atoms with Gasteiger partial charge in [-0.3, -0.25) is 14.7 Å². The molecule has 2 fully saturated rings. The second-order valence-electron chi connectivity index (χ2n) is 7.46. The minimum absolute atomic E-state index is 0.00406. The second-order valence-corrected chi connectivity index (χ2v) is 7.46. The van der Waals surface area contributed by atoms with Crippen molar-refractivity contribution in [1.29, 1.82) is 0 Å². The molecule has 0 radical (unpaired) electrons. The van der Waals surface area contributed by atoms with E-state index in [0.29, 0.717) is 13.0 Å². The summed E-state index contributed by atoms with van der Waals surface area (Å²) in [6, 6.07) is 10.1. The molecule has 3 heterocycles. The molecule has 2 aromatic rings. The van der Waals surface area contributed by atoms with E-state index < -0.39 is 23.8 Å². The van der Waals surface area contributed by atoms with Crippen molar-refractivity contribution in [1.82, 2.24) is 14.8 Å². The second kappa shape index (κ2) is 9.60. The number of alkyl halides is 3. The fourth-order valence-corrected chi connectivity index (χ4v) is 3.97. The Balaban J connectivity index is 0.000000360. The van der Waals surface area contributed by atoms with Crippen LogP contribution >= 0.6 is 0 Å². The average Bonchev–Trinajstić information content (AvgIpc) is 3.25. The molecular weight excluding hydrogens is 437 g/mol. The minimum Gasteiger partial charge on any atom is -0.475 e. The Hall–Kier alpha value is -3.08. The van der Waals surface area contributed by atoms with E-state index in [-0.39, 0.29) is 30.1 Å². The van der Waals surface area contributed by atoms with Gasteiger partial charge in [-0.25, -0.2) is 13.6 Å². The van der Waals surface area contributed by atoms with Gasteiger partial charge in [0, 0.05) is 49.9 Å². The monoisotopic (exact) mass is 457 g/mol. The minimum atomic E-state index is -5.08. The number of carbonyl (C=O) groups is 2. The van der Waals surface area contributed by atoms with Crippen molar-refractivity contribution in [2.24, 2.45) is 0 Å². The Morgan fingerprint density at radius 1 is 1.09 bits per heavy atom. The number of aromatic nitrogens is 1. The highest BCUT2D eigenvalue weighted by Crippen LogP contribution is 2.34. The quantitative estimate of drug-likeness (QED) is 0.713. The molecule has 32 heavy (non-hydrogen) atoms. The number of amides is 1. The van der Waals surface area contributed by atoms with Crippen molar-refractivity contribution < 1.29 is 36.6 Å². The van der Waals surface area contributed by atoms with Crippen LogP contribution in [0.4, 0.5) is 22.0 Å². The lowest BCUT2D eigenvalue weighted by Crippen LogP contribution is -2.37. The molecule has 0 unspecified atom stereocenters. The molecule has 11 heteroatoms. The number of aliphatic carboxylic acids is 1. The van der Waals surface area contributed by atoms with Gasteiger partial charge in [0.05, 0.1) is 5.69 Å². The highest BCUT2D eigenvalue weighted by molar-refractivity contribution is 5.80. The van der Waals surface area contributed by atoms with Crippen LogP contribution in [0.25, 0.3) is 0 Å². The van der Waals surface area contributed by atoms with E-state index in [9.17, 15) is 26.7 Å². The van der Waals surface area contributed by atoms with Gasteiger partial charge in [0.25, 0.3) is 0 Å². The molecule has 0 aliphatic carbocycles. The smallest absolute Gasteiger partial charge is 0.475 e. The van der Waals surface area contributed by atoms with Crippen LogP contribution in [0, 0.1) is 11.6 Å². The molecule has 0 spiro atoms. The summed E-state index contributed by atoms with van der Waals surface area (Å²) in [6.45, 7) is 1.71. The summed E-state index contributed by atoms with van der Waals surface area (Å²) in [5.74, 6) is -4.48. The van der Waals surface area contributed by atoms with Crippen LogP contribution in [-0.2, 0) is 22.7 Å². The topological polar surface area (TPSA) is 73.7 Å². The van der Waals surface area contributed by atoms with Crippen LogP contribution in [0.15, 0.2) is 42.6 Å². The number of halogens is 5. The summed E-state index contributed by atoms with van der Waals surface area (Å²) in [6.07, 6.45) is -2.05. The van der Waals surface area contributed by atoms with Gasteiger partial charge in [-0.15, -0.1) is 0 Å². The number of nitrogens with zero attached hydrogens (tertiary/aromatic N) is 3. The highest BCUT2D eigenvalue weighted by atomic mass is 19.4. The molecule has 0 saturated carbocycles. The average molecular weight is 457 g/mol. The Morgan fingerprint density at radius 2 is 1.81 bits per heavy atom. The van der Waals surface area contributed by atoms with E-state index in [1.807, 2.05) is 18.2 Å². The first-order valence-corrected chi connectivity index (χ1v) is 9.74. The number of rotatable bonds is 4. The molecule has 2 saturated heterocycles. The van der Waals surface area contributed by atoms with Gasteiger partial charge in [0.15, 0.2) is 11.6 Å². The number of fused-ring (bicyclic) bond motifs is 1. The fourth-order valence-electron chi connectivity index (χ4n) is 3.97. The normalized spacial score (nSPS) is 20.7. The summed E-state index contributed by atoms with van der Waals surface area (Å²) in [5.41, 5.74) is 1.21. The third kappa shape index (κ3) is 5.39. The first kappa shape index (κ1) is 23.6. The molecule has 2 atom stereocenters. The zero-order valence-corrected chi connectivity index (χ0v) is 16.7. The Labute approximate surface area is 180 Å². The van der Waals surface area contributed by atoms with Gasteiger partial charge >= 0.3 is 12.1 Å². The Kier molecular flexibility index (Phi) is 7.07. The Bertz CT molecular complexity index is 971. The molecule has 2 aliphatic heterocycles. The van der Waals surface area contributed by atoms with Crippen LogP contribution < -0.4 is 0 Å². The van der Waals surface area contributed by atoms with Crippen molar-refractivity contribution in [3.05, 3.63) is 65.5 Å². The first-order valence-electron chi connectivity index (χ1n) is 9.74. The van der Waals surface area contributed by atoms with E-state index in [0.717, 1.165) is 24.7 Å². The van der Waals surface area contributed by atoms with Crippen molar-refractivity contribution in [3.63, 3.8) is 0 Å². The van der Waals surface area contributed by atoms with Crippen molar-refractivity contribution in [2.45, 2.75) is 44.2 Å². The third-order valence-corrected chi connectivity index (χ3v) is 5.44. The molecule has 0 bridgehead atoms. The molecule has 6 nitrogen and oxygen atoms in total. The number of benzene rings is 1. The lowest BCUT2D eigenvalue weighted by molar-refractivity contribution is -0.192. The largest absolute Gasteiger partial charge is 0.490 e. The van der Waals surface area contributed by atoms with Gasteiger partial charge in [-0.05, 0) is 24.6 Å². The molecular formula is C21H20F5N3O3. The molecule has 1 amide bonds. The third-order valence-electron chi connectivity index (χ3n) is 5.44. The number of pyridine rings is 1. The molecule has 1 aromatic carbocycles. The predicted molar refractivity (Wildman–Crippen MR) is 102 cm³/mol. The maximum Gasteiger partial charge on any atom is 0.490 e. The van der Waals surface area contributed by atoms with E-state index >= 15 is 0 Å². The number of hydrogen-bond donors (Lipinski definition) is 1. The van der Waals surface area contributed by atoms with E-state index in [1.165, 1.54) is 6.07 Å². The van der Waals surface area contributed by atoms with Crippen molar-refractivity contribution in [3.8, 4) is 0 Å². The summed E-state index contributed by atoms with van der Waals surface area (Å²) in [4.78, 5) is 29.7. The van der Waals surface area contributed by atoms with Crippen LogP contribution in [0.1, 0.15) is 24.1 Å². The van der Waals surface area contributed by atoms with E-state index in [1.54, 1.807) is 17.2 Å². The standard InChI is InChI=1S/C19H19F2N3O.C2HF3O2/c20-15-6-3-4-13(19(15)21)11-24-16-7-9-23(17(16)10-18(24)25)12-14-5-1-2-8-22-14;3-2(4,5)1(6)7/h1-6,8,16-17H,7,9-12H2;(H,6,7)/t16-,17-;/m0./s1. The van der Waals surface area contributed by atoms with Crippen LogP contribution in [0.3, 0.4) is 0 Å². The summed E-state index contributed by atoms with van der Waals surface area (Å²) in [7, 11) is 0. The summed E-state index contributed by atoms with van der Waals surface area (Å²) < 4.78 is 59.1. The van der Waals surface area contributed by atoms with Gasteiger partial charge in [0.2, 0.25) is 5.91 Å². The van der Waals surface area contributed by atoms with Gasteiger partial charge in [0.1, 0.15) is 0 Å². The van der Waals surface area contributed by atoms with Gasteiger partial charge in [-0.2, -0.15) is 13.2 Å².